The van der Waals surface area contributed by atoms with Gasteiger partial charge in [-0.15, -0.1) is 22.0 Å². The molecule has 2 atom stereocenters. The van der Waals surface area contributed by atoms with Crippen LogP contribution >= 0.6 is 23.5 Å². The summed E-state index contributed by atoms with van der Waals surface area (Å²) in [5.74, 6) is 1.04. The number of carbonyl (C=O) groups excluding carboxylic acids is 1. The van der Waals surface area contributed by atoms with Crippen LogP contribution in [0.1, 0.15) is 6.92 Å². The van der Waals surface area contributed by atoms with Gasteiger partial charge in [-0.3, -0.25) is 4.79 Å². The molecule has 1 aromatic heterocycles. The van der Waals surface area contributed by atoms with E-state index in [1.807, 2.05) is 58.9 Å². The molecule has 2 heterocycles. The van der Waals surface area contributed by atoms with E-state index in [1.165, 1.54) is 11.8 Å². The summed E-state index contributed by atoms with van der Waals surface area (Å²) < 4.78 is 1.93. The Labute approximate surface area is 195 Å². The summed E-state index contributed by atoms with van der Waals surface area (Å²) in [4.78, 5) is 16.5. The fourth-order valence-corrected chi connectivity index (χ4v) is 6.14. The Kier molecular flexibility index (Phi) is 5.80. The molecule has 8 heteroatoms. The van der Waals surface area contributed by atoms with Crippen LogP contribution in [0.5, 0.6) is 5.75 Å². The van der Waals surface area contributed by atoms with Crippen molar-refractivity contribution in [2.24, 2.45) is 0 Å². The fraction of sp³-hybridized carbons (Fsp3) is 0.208. The minimum atomic E-state index is -0.00567. The van der Waals surface area contributed by atoms with Crippen LogP contribution in [0.15, 0.2) is 82.9 Å². The zero-order valence-corrected chi connectivity index (χ0v) is 19.1. The first kappa shape index (κ1) is 20.9. The molecule has 0 saturated heterocycles. The molecule has 2 aromatic carbocycles. The summed E-state index contributed by atoms with van der Waals surface area (Å²) in [6.07, 6.45) is 8.31. The molecule has 1 aliphatic heterocycles. The highest BCUT2D eigenvalue weighted by atomic mass is 32.2. The number of amides is 1. The highest BCUT2D eigenvalue weighted by Gasteiger charge is 2.36. The number of anilines is 1. The van der Waals surface area contributed by atoms with E-state index in [0.717, 1.165) is 10.6 Å². The van der Waals surface area contributed by atoms with E-state index in [1.54, 1.807) is 23.9 Å². The molecule has 32 heavy (non-hydrogen) atoms. The summed E-state index contributed by atoms with van der Waals surface area (Å²) in [6, 6.07) is 15.1. The zero-order chi connectivity index (χ0) is 22.1. The lowest BCUT2D eigenvalue weighted by Crippen LogP contribution is -2.48. The Bertz CT molecular complexity index is 1220. The van der Waals surface area contributed by atoms with Crippen molar-refractivity contribution in [2.75, 3.05) is 10.7 Å². The highest BCUT2D eigenvalue weighted by molar-refractivity contribution is 8.00. The second-order valence-corrected chi connectivity index (χ2v) is 9.59. The van der Waals surface area contributed by atoms with Crippen LogP contribution in [0.3, 0.4) is 0 Å². The van der Waals surface area contributed by atoms with Crippen LogP contribution in [0.25, 0.3) is 11.4 Å². The van der Waals surface area contributed by atoms with E-state index in [4.69, 9.17) is 0 Å². The Balaban J connectivity index is 1.40. The van der Waals surface area contributed by atoms with Gasteiger partial charge in [-0.2, -0.15) is 0 Å². The number of phenolic OH excluding ortho intramolecular Hbond substituents is 1. The van der Waals surface area contributed by atoms with Gasteiger partial charge in [0.25, 0.3) is 0 Å². The predicted octanol–water partition coefficient (Wildman–Crippen LogP) is 4.76. The first-order chi connectivity index (χ1) is 15.7. The number of fused-ring (bicyclic) bond motifs is 2. The number of carbonyl (C=O) groups is 1. The van der Waals surface area contributed by atoms with Crippen molar-refractivity contribution >= 4 is 35.1 Å². The van der Waals surface area contributed by atoms with Crippen molar-refractivity contribution in [3.05, 3.63) is 72.8 Å². The third-order valence-corrected chi connectivity index (χ3v) is 7.77. The molecule has 162 valence electrons. The number of hydrogen-bond donors (Lipinski definition) is 1. The lowest BCUT2D eigenvalue weighted by Gasteiger charge is -2.40. The normalized spacial score (nSPS) is 19.0. The average molecular weight is 463 g/mol. The Morgan fingerprint density at radius 2 is 1.88 bits per heavy atom. The van der Waals surface area contributed by atoms with Gasteiger partial charge >= 0.3 is 0 Å². The van der Waals surface area contributed by atoms with Crippen LogP contribution in [-0.2, 0) is 11.3 Å². The maximum absolute atomic E-state index is 13.5. The van der Waals surface area contributed by atoms with E-state index < -0.39 is 0 Å². The summed E-state index contributed by atoms with van der Waals surface area (Å²) in [5, 5.41) is 19.7. The standard InChI is InChI=1S/C24H22N4O2S2/c1-2-27-23(16-9-3-6-12-19(16)29)25-26-24(27)31-15-22(30)28-17-10-4-7-13-20(17)32-21-14-8-5-11-18(21)28/h3-14,17,20,29H,2,15H2,1H3/t17-,20-/m1/s1. The lowest BCUT2D eigenvalue weighted by molar-refractivity contribution is -0.116. The number of thioether (sulfide) groups is 2. The summed E-state index contributed by atoms with van der Waals surface area (Å²) in [5.41, 5.74) is 1.58. The van der Waals surface area contributed by atoms with E-state index >= 15 is 0 Å². The van der Waals surface area contributed by atoms with Crippen molar-refractivity contribution in [3.8, 4) is 17.1 Å². The molecule has 1 N–H and O–H groups in total. The predicted molar refractivity (Wildman–Crippen MR) is 129 cm³/mol. The molecule has 0 fully saturated rings. The van der Waals surface area contributed by atoms with Gasteiger partial charge in [0.15, 0.2) is 11.0 Å². The second-order valence-electron chi connectivity index (χ2n) is 7.43. The molecule has 6 nitrogen and oxygen atoms in total. The van der Waals surface area contributed by atoms with Gasteiger partial charge < -0.3 is 14.6 Å². The van der Waals surface area contributed by atoms with Crippen molar-refractivity contribution in [3.63, 3.8) is 0 Å². The van der Waals surface area contributed by atoms with Gasteiger partial charge in [-0.05, 0) is 31.2 Å². The monoisotopic (exact) mass is 462 g/mol. The average Bonchev–Trinajstić information content (AvgIpc) is 3.24. The van der Waals surface area contributed by atoms with Gasteiger partial charge in [0.1, 0.15) is 5.75 Å². The largest absolute Gasteiger partial charge is 0.507 e. The maximum atomic E-state index is 13.5. The molecule has 0 radical (unpaired) electrons. The maximum Gasteiger partial charge on any atom is 0.238 e. The topological polar surface area (TPSA) is 71.2 Å². The van der Waals surface area contributed by atoms with Gasteiger partial charge in [0, 0.05) is 11.4 Å². The number of benzene rings is 2. The Morgan fingerprint density at radius 1 is 1.09 bits per heavy atom. The van der Waals surface area contributed by atoms with Crippen LogP contribution in [0.4, 0.5) is 5.69 Å². The first-order valence-corrected chi connectivity index (χ1v) is 12.3. The third-order valence-electron chi connectivity index (χ3n) is 5.51. The number of rotatable bonds is 5. The van der Waals surface area contributed by atoms with Gasteiger partial charge in [0.2, 0.25) is 5.91 Å². The molecule has 0 unspecified atom stereocenters. The number of aromatic hydroxyl groups is 1. The molecule has 2 aliphatic rings. The van der Waals surface area contributed by atoms with Crippen molar-refractivity contribution in [1.82, 2.24) is 14.8 Å². The lowest BCUT2D eigenvalue weighted by atomic mass is 10.0. The molecule has 0 saturated carbocycles. The number of allylic oxidation sites excluding steroid dienone is 2. The minimum absolute atomic E-state index is 0.00567. The fourth-order valence-electron chi connectivity index (χ4n) is 4.02. The summed E-state index contributed by atoms with van der Waals surface area (Å²) >= 11 is 3.17. The molecular formula is C24H22N4O2S2. The van der Waals surface area contributed by atoms with Crippen molar-refractivity contribution in [1.29, 1.82) is 0 Å². The Morgan fingerprint density at radius 3 is 2.72 bits per heavy atom. The van der Waals surface area contributed by atoms with E-state index in [-0.39, 0.29) is 28.7 Å². The number of phenols is 1. The molecule has 3 aromatic rings. The van der Waals surface area contributed by atoms with Crippen LogP contribution in [0, 0.1) is 0 Å². The number of para-hydroxylation sites is 2. The SMILES string of the molecule is CCn1c(SCC(=O)N2c3ccccc3S[C@@H]3C=CC=C[C@H]32)nnc1-c1ccccc1O. The number of hydrogen-bond acceptors (Lipinski definition) is 6. The van der Waals surface area contributed by atoms with Gasteiger partial charge in [-0.25, -0.2) is 0 Å². The van der Waals surface area contributed by atoms with Gasteiger partial charge in [0.05, 0.1) is 28.3 Å². The summed E-state index contributed by atoms with van der Waals surface area (Å²) in [6.45, 7) is 2.63. The molecule has 5 rings (SSSR count). The minimum Gasteiger partial charge on any atom is -0.507 e. The molecule has 1 amide bonds. The van der Waals surface area contributed by atoms with Crippen molar-refractivity contribution in [2.45, 2.75) is 34.8 Å². The van der Waals surface area contributed by atoms with Gasteiger partial charge in [-0.1, -0.05) is 60.3 Å². The third kappa shape index (κ3) is 3.73. The quantitative estimate of drug-likeness (QED) is 0.551. The zero-order valence-electron chi connectivity index (χ0n) is 17.5. The van der Waals surface area contributed by atoms with Crippen molar-refractivity contribution < 1.29 is 9.90 Å². The molecule has 1 aliphatic carbocycles. The van der Waals surface area contributed by atoms with E-state index in [9.17, 15) is 9.90 Å². The van der Waals surface area contributed by atoms with Crippen LogP contribution in [0.2, 0.25) is 0 Å². The van der Waals surface area contributed by atoms with E-state index in [0.29, 0.717) is 23.1 Å². The Hall–Kier alpha value is -2.97. The smallest absolute Gasteiger partial charge is 0.238 e. The van der Waals surface area contributed by atoms with Crippen LogP contribution < -0.4 is 4.90 Å². The second kappa shape index (κ2) is 8.88. The van der Waals surface area contributed by atoms with E-state index in [2.05, 4.69) is 28.4 Å². The molecular weight excluding hydrogens is 440 g/mol. The van der Waals surface area contributed by atoms with Crippen LogP contribution in [-0.4, -0.2) is 42.8 Å². The number of aromatic nitrogens is 3. The first-order valence-electron chi connectivity index (χ1n) is 10.4. The number of nitrogens with zero attached hydrogens (tertiary/aromatic N) is 4. The molecule has 0 bridgehead atoms. The summed E-state index contributed by atoms with van der Waals surface area (Å²) in [7, 11) is 0. The molecule has 0 spiro atoms. The highest BCUT2D eigenvalue weighted by Crippen LogP contribution is 2.43.